The fourth-order valence-corrected chi connectivity index (χ4v) is 4.81. The SMILES string of the molecule is Cc1cc(=O)c([O][Ga]([O]c2coc(C)cc2=O)[O]c2coc(C)cc2=O)co1. The van der Waals surface area contributed by atoms with Gasteiger partial charge in [-0.2, -0.15) is 0 Å². The summed E-state index contributed by atoms with van der Waals surface area (Å²) in [5.41, 5.74) is -1.38. The first-order valence-electron chi connectivity index (χ1n) is 8.10. The van der Waals surface area contributed by atoms with E-state index in [0.717, 1.165) is 18.8 Å². The molecule has 0 fully saturated rings. The van der Waals surface area contributed by atoms with E-state index in [1.807, 2.05) is 0 Å². The predicted molar refractivity (Wildman–Crippen MR) is 96.8 cm³/mol. The van der Waals surface area contributed by atoms with Crippen molar-refractivity contribution in [2.24, 2.45) is 0 Å². The zero-order valence-corrected chi connectivity index (χ0v) is 17.6. The van der Waals surface area contributed by atoms with E-state index in [4.69, 9.17) is 23.8 Å². The zero-order valence-electron chi connectivity index (χ0n) is 15.2. The van der Waals surface area contributed by atoms with Crippen molar-refractivity contribution in [2.75, 3.05) is 0 Å². The maximum absolute atomic E-state index is 12.1. The van der Waals surface area contributed by atoms with Gasteiger partial charge in [0, 0.05) is 0 Å². The van der Waals surface area contributed by atoms with Gasteiger partial charge in [-0.15, -0.1) is 0 Å². The van der Waals surface area contributed by atoms with Crippen LogP contribution in [-0.2, 0) is 0 Å². The molecule has 10 heteroatoms. The third-order valence-corrected chi connectivity index (χ3v) is 6.27. The zero-order chi connectivity index (χ0) is 20.3. The van der Waals surface area contributed by atoms with Crippen LogP contribution in [0.5, 0.6) is 17.2 Å². The molecule has 144 valence electrons. The van der Waals surface area contributed by atoms with Gasteiger partial charge < -0.3 is 0 Å². The monoisotopic (exact) mass is 444 g/mol. The standard InChI is InChI=1S/3C6H6O3.Ga/c3*1-4-2-5(7)6(8)3-9-4;/h3*2-3,8H,1H3;/q;;;+3/p-3. The van der Waals surface area contributed by atoms with E-state index in [9.17, 15) is 14.4 Å². The van der Waals surface area contributed by atoms with Gasteiger partial charge in [0.15, 0.2) is 0 Å². The summed E-state index contributed by atoms with van der Waals surface area (Å²) >= 11 is -3.90. The Morgan fingerprint density at radius 3 is 1.14 bits per heavy atom. The second kappa shape index (κ2) is 8.27. The van der Waals surface area contributed by atoms with Crippen molar-refractivity contribution in [1.29, 1.82) is 0 Å². The molecular formula is C18H15GaO9. The molecule has 3 aromatic heterocycles. The minimum absolute atomic E-state index is 0.163. The Hall–Kier alpha value is -3.11. The van der Waals surface area contributed by atoms with Crippen molar-refractivity contribution in [3.8, 4) is 17.2 Å². The molecular weight excluding hydrogens is 430 g/mol. The van der Waals surface area contributed by atoms with Gasteiger partial charge in [-0.1, -0.05) is 0 Å². The van der Waals surface area contributed by atoms with Crippen LogP contribution in [0.15, 0.2) is 64.6 Å². The second-order valence-corrected chi connectivity index (χ2v) is 8.49. The molecule has 0 aliphatic heterocycles. The van der Waals surface area contributed by atoms with Crippen LogP contribution >= 0.6 is 0 Å². The normalized spacial score (nSPS) is 10.4. The van der Waals surface area contributed by atoms with Crippen molar-refractivity contribution >= 4 is 17.3 Å². The number of aryl methyl sites for hydroxylation is 3. The Morgan fingerprint density at radius 2 is 0.893 bits per heavy atom. The van der Waals surface area contributed by atoms with E-state index in [2.05, 4.69) is 0 Å². The van der Waals surface area contributed by atoms with Gasteiger partial charge in [0.05, 0.1) is 0 Å². The summed E-state index contributed by atoms with van der Waals surface area (Å²) in [5.74, 6) is 0.681. The van der Waals surface area contributed by atoms with E-state index in [0.29, 0.717) is 17.3 Å². The molecule has 0 saturated heterocycles. The number of hydrogen-bond donors (Lipinski definition) is 0. The van der Waals surface area contributed by atoms with Crippen LogP contribution in [-0.4, -0.2) is 17.3 Å². The van der Waals surface area contributed by atoms with E-state index in [1.54, 1.807) is 20.8 Å². The molecule has 0 N–H and O–H groups in total. The molecule has 0 aliphatic carbocycles. The maximum atomic E-state index is 12.1. The predicted octanol–water partition coefficient (Wildman–Crippen LogP) is 1.99. The Morgan fingerprint density at radius 1 is 0.607 bits per heavy atom. The Balaban J connectivity index is 1.93. The molecule has 0 atom stereocenters. The van der Waals surface area contributed by atoms with Gasteiger partial charge in [0.1, 0.15) is 0 Å². The molecule has 0 unspecified atom stereocenters. The van der Waals surface area contributed by atoms with Crippen molar-refractivity contribution < 1.29 is 23.8 Å². The average molecular weight is 445 g/mol. The van der Waals surface area contributed by atoms with Crippen LogP contribution in [0.4, 0.5) is 0 Å². The van der Waals surface area contributed by atoms with Crippen LogP contribution in [0.3, 0.4) is 0 Å². The summed E-state index contributed by atoms with van der Waals surface area (Å²) in [6.07, 6.45) is 3.33. The molecule has 0 aliphatic rings. The van der Waals surface area contributed by atoms with Gasteiger partial charge in [-0.3, -0.25) is 0 Å². The van der Waals surface area contributed by atoms with Crippen molar-refractivity contribution in [1.82, 2.24) is 0 Å². The Bertz CT molecular complexity index is 1010. The molecule has 3 heterocycles. The van der Waals surface area contributed by atoms with Crippen LogP contribution in [0.1, 0.15) is 17.3 Å². The fraction of sp³-hybridized carbons (Fsp3) is 0.167. The summed E-state index contributed by atoms with van der Waals surface area (Å²) in [4.78, 5) is 36.2. The van der Waals surface area contributed by atoms with E-state index < -0.39 is 33.6 Å². The molecule has 3 aromatic rings. The summed E-state index contributed by atoms with van der Waals surface area (Å²) in [5, 5.41) is 0. The molecule has 0 saturated carbocycles. The van der Waals surface area contributed by atoms with E-state index in [-0.39, 0.29) is 17.2 Å². The van der Waals surface area contributed by atoms with Crippen molar-refractivity contribution in [2.45, 2.75) is 20.8 Å². The fourth-order valence-electron chi connectivity index (χ4n) is 2.12. The molecule has 0 bridgehead atoms. The van der Waals surface area contributed by atoms with Gasteiger partial charge in [-0.05, 0) is 0 Å². The van der Waals surface area contributed by atoms with Gasteiger partial charge in [-0.25, -0.2) is 0 Å². The number of rotatable bonds is 6. The Labute approximate surface area is 164 Å². The first-order valence-corrected chi connectivity index (χ1v) is 11.1. The summed E-state index contributed by atoms with van der Waals surface area (Å²) in [7, 11) is 0. The van der Waals surface area contributed by atoms with Crippen LogP contribution < -0.4 is 26.9 Å². The van der Waals surface area contributed by atoms with Crippen molar-refractivity contribution in [3.05, 3.63) is 84.9 Å². The molecule has 0 amide bonds. The van der Waals surface area contributed by atoms with E-state index >= 15 is 0 Å². The van der Waals surface area contributed by atoms with Crippen molar-refractivity contribution in [3.63, 3.8) is 0 Å². The van der Waals surface area contributed by atoms with Gasteiger partial charge >= 0.3 is 164 Å². The second-order valence-electron chi connectivity index (χ2n) is 5.80. The average Bonchev–Trinajstić information content (AvgIpc) is 2.62. The third-order valence-electron chi connectivity index (χ3n) is 3.46. The molecule has 28 heavy (non-hydrogen) atoms. The summed E-state index contributed by atoms with van der Waals surface area (Å²) in [6.45, 7) is 4.81. The molecule has 3 rings (SSSR count). The Kier molecular flexibility index (Phi) is 5.80. The summed E-state index contributed by atoms with van der Waals surface area (Å²) < 4.78 is 32.1. The van der Waals surface area contributed by atoms with E-state index in [1.165, 1.54) is 18.2 Å². The van der Waals surface area contributed by atoms with Crippen LogP contribution in [0, 0.1) is 20.8 Å². The molecule has 0 spiro atoms. The first-order chi connectivity index (χ1) is 13.3. The molecule has 0 aromatic carbocycles. The third kappa shape index (κ3) is 4.78. The van der Waals surface area contributed by atoms with Gasteiger partial charge in [0.2, 0.25) is 0 Å². The molecule has 9 nitrogen and oxygen atoms in total. The summed E-state index contributed by atoms with van der Waals surface area (Å²) in [6, 6.07) is 3.69. The topological polar surface area (TPSA) is 118 Å². The van der Waals surface area contributed by atoms with Gasteiger partial charge in [0.25, 0.3) is 0 Å². The van der Waals surface area contributed by atoms with Crippen LogP contribution in [0.2, 0.25) is 0 Å². The number of hydrogen-bond acceptors (Lipinski definition) is 9. The first kappa shape index (κ1) is 19.6. The quantitative estimate of drug-likeness (QED) is 0.525. The minimum atomic E-state index is -3.90. The molecule has 0 radical (unpaired) electrons. The van der Waals surface area contributed by atoms with Crippen LogP contribution in [0.25, 0.3) is 0 Å².